The van der Waals surface area contributed by atoms with Crippen molar-refractivity contribution >= 4 is 34.8 Å². The molecule has 0 saturated carbocycles. The molecule has 5 nitrogen and oxygen atoms in total. The van der Waals surface area contributed by atoms with E-state index in [4.69, 9.17) is 27.9 Å². The van der Waals surface area contributed by atoms with E-state index in [1.54, 1.807) is 22.9 Å². The quantitative estimate of drug-likeness (QED) is 0.903. The predicted molar refractivity (Wildman–Crippen MR) is 92.4 cm³/mol. The number of carbonyl (C=O) groups is 1. The molecule has 2 aromatic rings. The van der Waals surface area contributed by atoms with E-state index < -0.39 is 0 Å². The Hall–Kier alpha value is -1.56. The first-order valence-electron chi connectivity index (χ1n) is 7.94. The molecule has 7 heteroatoms. The molecule has 2 aliphatic rings. The van der Waals surface area contributed by atoms with E-state index in [1.165, 1.54) is 0 Å². The minimum absolute atomic E-state index is 0.00674. The minimum atomic E-state index is -0.242. The van der Waals surface area contributed by atoms with E-state index in [9.17, 15) is 4.79 Å². The van der Waals surface area contributed by atoms with Crippen LogP contribution in [0.5, 0.6) is 0 Å². The lowest BCUT2D eigenvalue weighted by Gasteiger charge is -2.25. The van der Waals surface area contributed by atoms with Gasteiger partial charge in [0.15, 0.2) is 0 Å². The van der Waals surface area contributed by atoms with Crippen LogP contribution in [0.3, 0.4) is 0 Å². The number of aromatic nitrogens is 2. The van der Waals surface area contributed by atoms with Gasteiger partial charge in [-0.05, 0) is 37.1 Å². The zero-order chi connectivity index (χ0) is 16.8. The maximum Gasteiger partial charge on any atom is 0.230 e. The number of hydrogen-bond acceptors (Lipinski definition) is 3. The van der Waals surface area contributed by atoms with Gasteiger partial charge >= 0.3 is 0 Å². The predicted octanol–water partition coefficient (Wildman–Crippen LogP) is 3.63. The highest BCUT2D eigenvalue weighted by Crippen LogP contribution is 2.48. The lowest BCUT2D eigenvalue weighted by Crippen LogP contribution is -2.36. The van der Waals surface area contributed by atoms with Crippen LogP contribution in [0.1, 0.15) is 24.5 Å². The fourth-order valence-electron chi connectivity index (χ4n) is 3.80. The summed E-state index contributed by atoms with van der Waals surface area (Å²) < 4.78 is 7.76. The molecule has 0 unspecified atom stereocenters. The van der Waals surface area contributed by atoms with Gasteiger partial charge in [-0.2, -0.15) is 5.10 Å². The van der Waals surface area contributed by atoms with E-state index in [0.29, 0.717) is 15.7 Å². The van der Waals surface area contributed by atoms with Crippen LogP contribution >= 0.6 is 23.2 Å². The molecule has 1 N–H and O–H groups in total. The molecular weight excluding hydrogens is 349 g/mol. The molecule has 24 heavy (non-hydrogen) atoms. The Bertz CT molecular complexity index is 792. The third kappa shape index (κ3) is 2.70. The lowest BCUT2D eigenvalue weighted by molar-refractivity contribution is -0.121. The van der Waals surface area contributed by atoms with Crippen molar-refractivity contribution in [2.75, 3.05) is 5.32 Å². The number of benzene rings is 1. The maximum atomic E-state index is 12.9. The van der Waals surface area contributed by atoms with Gasteiger partial charge in [-0.3, -0.25) is 9.48 Å². The first kappa shape index (κ1) is 15.9. The van der Waals surface area contributed by atoms with Gasteiger partial charge in [0.2, 0.25) is 5.91 Å². The first-order valence-corrected chi connectivity index (χ1v) is 8.69. The van der Waals surface area contributed by atoms with Crippen LogP contribution < -0.4 is 5.32 Å². The van der Waals surface area contributed by atoms with Gasteiger partial charge < -0.3 is 10.1 Å². The molecule has 2 saturated heterocycles. The summed E-state index contributed by atoms with van der Waals surface area (Å²) in [5.41, 5.74) is 1.55. The van der Waals surface area contributed by atoms with E-state index in [1.807, 2.05) is 19.3 Å². The minimum Gasteiger partial charge on any atom is -0.373 e. The van der Waals surface area contributed by atoms with E-state index in [2.05, 4.69) is 10.4 Å². The Kier molecular flexibility index (Phi) is 4.03. The normalized spacial score (nSPS) is 28.3. The smallest absolute Gasteiger partial charge is 0.230 e. The zero-order valence-corrected chi connectivity index (χ0v) is 14.6. The number of hydrogen-bond donors (Lipinski definition) is 1. The molecular formula is C17H17Cl2N3O2. The Balaban J connectivity index is 1.58. The second-order valence-electron chi connectivity index (χ2n) is 6.37. The Morgan fingerprint density at radius 1 is 1.25 bits per heavy atom. The molecule has 0 aliphatic carbocycles. The summed E-state index contributed by atoms with van der Waals surface area (Å²) in [7, 11) is 1.88. The zero-order valence-electron chi connectivity index (χ0n) is 13.1. The molecule has 126 valence electrons. The number of amides is 1. The molecule has 0 radical (unpaired) electrons. The number of anilines is 1. The van der Waals surface area contributed by atoms with Crippen LogP contribution in [0.15, 0.2) is 30.5 Å². The average Bonchev–Trinajstić information content (AvgIpc) is 3.25. The number of nitrogens with zero attached hydrogens (tertiary/aromatic N) is 2. The van der Waals surface area contributed by atoms with Crippen molar-refractivity contribution in [2.45, 2.75) is 31.0 Å². The lowest BCUT2D eigenvalue weighted by atomic mass is 9.77. The highest BCUT2D eigenvalue weighted by molar-refractivity contribution is 6.42. The standard InChI is InChI=1S/C17H17Cl2N3O2/c1-22-7-6-12(21-22)15-13-4-5-14(24-13)16(15)17(23)20-9-2-3-10(18)11(19)8-9/h2-3,6-8,13-16H,4-5H2,1H3,(H,20,23)/t13-,14+,15-,16-/m0/s1. The van der Waals surface area contributed by atoms with Crippen molar-refractivity contribution < 1.29 is 9.53 Å². The second kappa shape index (κ2) is 6.06. The SMILES string of the molecule is Cn1ccc([C@@H]2[C@@H](C(=O)Nc3ccc(Cl)c(Cl)c3)[C@H]3CC[C@@H]2O3)n1. The second-order valence-corrected chi connectivity index (χ2v) is 7.19. The number of halogens is 2. The number of rotatable bonds is 3. The van der Waals surface area contributed by atoms with Crippen molar-refractivity contribution in [1.29, 1.82) is 0 Å². The molecule has 1 aromatic heterocycles. The van der Waals surface area contributed by atoms with Gasteiger partial charge in [0.25, 0.3) is 0 Å². The fourth-order valence-corrected chi connectivity index (χ4v) is 4.09. The monoisotopic (exact) mass is 365 g/mol. The highest BCUT2D eigenvalue weighted by Gasteiger charge is 2.53. The van der Waals surface area contributed by atoms with Crippen LogP contribution in [-0.4, -0.2) is 27.9 Å². The number of nitrogens with one attached hydrogen (secondary N) is 1. The van der Waals surface area contributed by atoms with Crippen LogP contribution in [-0.2, 0) is 16.6 Å². The van der Waals surface area contributed by atoms with E-state index in [-0.39, 0.29) is 30.0 Å². The largest absolute Gasteiger partial charge is 0.373 e. The first-order chi connectivity index (χ1) is 11.5. The number of fused-ring (bicyclic) bond motifs is 2. The third-order valence-corrected chi connectivity index (χ3v) is 5.58. The fraction of sp³-hybridized carbons (Fsp3) is 0.412. The highest BCUT2D eigenvalue weighted by atomic mass is 35.5. The summed E-state index contributed by atoms with van der Waals surface area (Å²) in [5, 5.41) is 8.32. The molecule has 2 bridgehead atoms. The summed E-state index contributed by atoms with van der Waals surface area (Å²) in [5.74, 6) is -0.308. The van der Waals surface area contributed by atoms with Gasteiger partial charge in [-0.15, -0.1) is 0 Å². The Morgan fingerprint density at radius 3 is 2.75 bits per heavy atom. The molecule has 2 fully saturated rings. The van der Waals surface area contributed by atoms with Crippen LogP contribution in [0.25, 0.3) is 0 Å². The maximum absolute atomic E-state index is 12.9. The van der Waals surface area contributed by atoms with E-state index >= 15 is 0 Å². The summed E-state index contributed by atoms with van der Waals surface area (Å²) in [6, 6.07) is 7.04. The van der Waals surface area contributed by atoms with Crippen molar-refractivity contribution in [3.05, 3.63) is 46.2 Å². The van der Waals surface area contributed by atoms with Crippen molar-refractivity contribution in [3.63, 3.8) is 0 Å². The van der Waals surface area contributed by atoms with Crippen LogP contribution in [0.2, 0.25) is 10.0 Å². The number of carbonyl (C=O) groups excluding carboxylic acids is 1. The Labute approximate surface area is 149 Å². The molecule has 4 atom stereocenters. The summed E-state index contributed by atoms with van der Waals surface area (Å²) in [4.78, 5) is 12.9. The molecule has 2 aliphatic heterocycles. The number of aryl methyl sites for hydroxylation is 1. The molecule has 1 aromatic carbocycles. The van der Waals surface area contributed by atoms with Gasteiger partial charge in [0, 0.05) is 24.8 Å². The van der Waals surface area contributed by atoms with Crippen LogP contribution in [0, 0.1) is 5.92 Å². The van der Waals surface area contributed by atoms with Gasteiger partial charge in [0.1, 0.15) is 0 Å². The van der Waals surface area contributed by atoms with Crippen LogP contribution in [0.4, 0.5) is 5.69 Å². The summed E-state index contributed by atoms with van der Waals surface area (Å²) in [6.07, 6.45) is 3.80. The summed E-state index contributed by atoms with van der Waals surface area (Å²) in [6.45, 7) is 0. The van der Waals surface area contributed by atoms with Gasteiger partial charge in [0.05, 0.1) is 33.9 Å². The molecule has 0 spiro atoms. The molecule has 4 rings (SSSR count). The van der Waals surface area contributed by atoms with E-state index in [0.717, 1.165) is 18.5 Å². The topological polar surface area (TPSA) is 56.2 Å². The Morgan fingerprint density at radius 2 is 2.04 bits per heavy atom. The molecule has 1 amide bonds. The number of ether oxygens (including phenoxy) is 1. The van der Waals surface area contributed by atoms with Crippen molar-refractivity contribution in [2.24, 2.45) is 13.0 Å². The van der Waals surface area contributed by atoms with Gasteiger partial charge in [-0.1, -0.05) is 23.2 Å². The van der Waals surface area contributed by atoms with Crippen molar-refractivity contribution in [3.8, 4) is 0 Å². The third-order valence-electron chi connectivity index (χ3n) is 4.84. The van der Waals surface area contributed by atoms with Crippen molar-refractivity contribution in [1.82, 2.24) is 9.78 Å². The average molecular weight is 366 g/mol. The molecule has 3 heterocycles. The van der Waals surface area contributed by atoms with Gasteiger partial charge in [-0.25, -0.2) is 0 Å². The summed E-state index contributed by atoms with van der Waals surface area (Å²) >= 11 is 12.0.